The maximum Gasteiger partial charge on any atom is 0.425 e. The van der Waals surface area contributed by atoms with Crippen molar-refractivity contribution < 1.29 is 36.4 Å². The second-order valence-corrected chi connectivity index (χ2v) is 9.28. The number of Topliss-reactive ketones (excluding diaryl/α,β-unsaturated/α-hetero) is 1. The van der Waals surface area contributed by atoms with E-state index >= 15 is 0 Å². The molecule has 0 saturated carbocycles. The standard InChI is InChI=1S/C24H22F4N2O4/c1-22(2)12-16-19(17(31)13-22)23(24(26,27)28,29-20(32)18-4-3-11-34-18)21(33)30(16)10-9-14-5-7-15(25)8-6-14/h3-8,11H,9-10,12-13H2,1-2H3,(H,29,32). The molecule has 2 aliphatic rings. The molecule has 1 aromatic carbocycles. The van der Waals surface area contributed by atoms with Crippen LogP contribution in [0.1, 0.15) is 42.8 Å². The number of halogens is 4. The molecule has 0 fully saturated rings. The number of alkyl halides is 3. The van der Waals surface area contributed by atoms with Crippen LogP contribution in [0.2, 0.25) is 0 Å². The Balaban J connectivity index is 1.79. The molecule has 10 heteroatoms. The van der Waals surface area contributed by atoms with Crippen molar-refractivity contribution >= 4 is 17.6 Å². The number of ketones is 1. The van der Waals surface area contributed by atoms with Crippen LogP contribution in [-0.2, 0) is 16.0 Å². The fraction of sp³-hybridized carbons (Fsp3) is 0.375. The number of hydrogen-bond acceptors (Lipinski definition) is 4. The monoisotopic (exact) mass is 478 g/mol. The van der Waals surface area contributed by atoms with Gasteiger partial charge in [0.25, 0.3) is 11.8 Å². The molecule has 2 amide bonds. The lowest BCUT2D eigenvalue weighted by Crippen LogP contribution is -2.66. The van der Waals surface area contributed by atoms with Gasteiger partial charge in [-0.2, -0.15) is 13.2 Å². The topological polar surface area (TPSA) is 79.6 Å². The maximum atomic E-state index is 14.7. The van der Waals surface area contributed by atoms with Crippen LogP contribution in [-0.4, -0.2) is 40.8 Å². The lowest BCUT2D eigenvalue weighted by Gasteiger charge is -2.35. The zero-order chi connectivity index (χ0) is 24.9. The molecule has 1 unspecified atom stereocenters. The fourth-order valence-electron chi connectivity index (χ4n) is 4.59. The summed E-state index contributed by atoms with van der Waals surface area (Å²) in [5, 5.41) is 1.80. The number of carbonyl (C=O) groups is 3. The molecule has 4 rings (SSSR count). The smallest absolute Gasteiger partial charge is 0.425 e. The van der Waals surface area contributed by atoms with Gasteiger partial charge in [-0.25, -0.2) is 4.39 Å². The highest BCUT2D eigenvalue weighted by Gasteiger charge is 2.71. The SMILES string of the molecule is CC1(C)CC(=O)C2=C(C1)N(CCc1ccc(F)cc1)C(=O)C2(NC(=O)c1ccco1)C(F)(F)F. The maximum absolute atomic E-state index is 14.7. The van der Waals surface area contributed by atoms with Crippen molar-refractivity contribution in [1.82, 2.24) is 10.2 Å². The van der Waals surface area contributed by atoms with Crippen LogP contribution >= 0.6 is 0 Å². The lowest BCUT2D eigenvalue weighted by atomic mass is 9.72. The Labute approximate surface area is 192 Å². The number of nitrogens with zero attached hydrogens (tertiary/aromatic N) is 1. The molecule has 1 aliphatic heterocycles. The molecule has 6 nitrogen and oxygen atoms in total. The predicted octanol–water partition coefficient (Wildman–Crippen LogP) is 4.18. The Kier molecular flexibility index (Phi) is 5.65. The number of nitrogens with one attached hydrogen (secondary N) is 1. The van der Waals surface area contributed by atoms with Crippen molar-refractivity contribution in [2.24, 2.45) is 5.41 Å². The van der Waals surface area contributed by atoms with Gasteiger partial charge < -0.3 is 14.6 Å². The van der Waals surface area contributed by atoms with Gasteiger partial charge in [0.05, 0.1) is 11.8 Å². The van der Waals surface area contributed by atoms with Gasteiger partial charge in [0.2, 0.25) is 5.54 Å². The quantitative estimate of drug-likeness (QED) is 0.654. The van der Waals surface area contributed by atoms with Gasteiger partial charge in [-0.3, -0.25) is 14.4 Å². The van der Waals surface area contributed by atoms with E-state index in [2.05, 4.69) is 0 Å². The van der Waals surface area contributed by atoms with E-state index in [1.54, 1.807) is 19.2 Å². The van der Waals surface area contributed by atoms with Crippen molar-refractivity contribution in [2.75, 3.05) is 6.54 Å². The van der Waals surface area contributed by atoms with Crippen molar-refractivity contribution in [3.8, 4) is 0 Å². The largest absolute Gasteiger partial charge is 0.459 e. The lowest BCUT2D eigenvalue weighted by molar-refractivity contribution is -0.190. The first kappa shape index (κ1) is 23.7. The third kappa shape index (κ3) is 3.91. The predicted molar refractivity (Wildman–Crippen MR) is 112 cm³/mol. The molecule has 0 saturated heterocycles. The van der Waals surface area contributed by atoms with E-state index in [9.17, 15) is 31.9 Å². The van der Waals surface area contributed by atoms with E-state index < -0.39 is 51.9 Å². The van der Waals surface area contributed by atoms with Crippen molar-refractivity contribution in [3.63, 3.8) is 0 Å². The van der Waals surface area contributed by atoms with Crippen molar-refractivity contribution in [3.05, 3.63) is 71.1 Å². The summed E-state index contributed by atoms with van der Waals surface area (Å²) in [6, 6.07) is 7.84. The van der Waals surface area contributed by atoms with Crippen LogP contribution < -0.4 is 5.32 Å². The number of amides is 2. The second kappa shape index (κ2) is 8.11. The average molecular weight is 478 g/mol. The molecule has 180 valence electrons. The Morgan fingerprint density at radius 3 is 2.38 bits per heavy atom. The van der Waals surface area contributed by atoms with Gasteiger partial charge in [0.15, 0.2) is 11.5 Å². The highest BCUT2D eigenvalue weighted by Crippen LogP contribution is 2.51. The first-order chi connectivity index (χ1) is 15.9. The summed E-state index contributed by atoms with van der Waals surface area (Å²) in [5.74, 6) is -4.45. The molecule has 0 spiro atoms. The summed E-state index contributed by atoms with van der Waals surface area (Å²) in [6.07, 6.45) is -4.23. The summed E-state index contributed by atoms with van der Waals surface area (Å²) in [4.78, 5) is 40.1. The molecule has 1 aliphatic carbocycles. The normalized spacial score (nSPS) is 22.2. The highest BCUT2D eigenvalue weighted by molar-refractivity contribution is 6.14. The van der Waals surface area contributed by atoms with Gasteiger partial charge in [-0.15, -0.1) is 0 Å². The van der Waals surface area contributed by atoms with Gasteiger partial charge in [-0.1, -0.05) is 26.0 Å². The Morgan fingerprint density at radius 2 is 1.79 bits per heavy atom. The number of benzene rings is 1. The average Bonchev–Trinajstić information content (AvgIpc) is 3.33. The van der Waals surface area contributed by atoms with Gasteiger partial charge in [0.1, 0.15) is 5.82 Å². The van der Waals surface area contributed by atoms with Crippen molar-refractivity contribution in [1.29, 1.82) is 0 Å². The third-order valence-corrected chi connectivity index (χ3v) is 6.13. The van der Waals surface area contributed by atoms with Gasteiger partial charge in [-0.05, 0) is 48.1 Å². The van der Waals surface area contributed by atoms with Crippen LogP contribution in [0.4, 0.5) is 17.6 Å². The molecule has 1 aromatic heterocycles. The third-order valence-electron chi connectivity index (χ3n) is 6.13. The van der Waals surface area contributed by atoms with E-state index in [1.807, 2.05) is 0 Å². The minimum atomic E-state index is -5.30. The summed E-state index contributed by atoms with van der Waals surface area (Å²) >= 11 is 0. The molecular weight excluding hydrogens is 456 g/mol. The summed E-state index contributed by atoms with van der Waals surface area (Å²) in [5.41, 5.74) is -4.41. The van der Waals surface area contributed by atoms with Gasteiger partial charge >= 0.3 is 6.18 Å². The highest BCUT2D eigenvalue weighted by atomic mass is 19.4. The van der Waals surface area contributed by atoms with Crippen LogP contribution in [0.15, 0.2) is 58.3 Å². The molecule has 0 radical (unpaired) electrons. The molecule has 2 aromatic rings. The van der Waals surface area contributed by atoms with Crippen molar-refractivity contribution in [2.45, 2.75) is 44.8 Å². The van der Waals surface area contributed by atoms with E-state index in [1.165, 1.54) is 30.3 Å². The number of carbonyl (C=O) groups excluding carboxylic acids is 3. The minimum absolute atomic E-state index is 0.0394. The zero-order valence-electron chi connectivity index (χ0n) is 18.5. The summed E-state index contributed by atoms with van der Waals surface area (Å²) < 4.78 is 62.1. The van der Waals surface area contributed by atoms with Gasteiger partial charge in [0, 0.05) is 18.7 Å². The molecule has 1 N–H and O–H groups in total. The molecule has 34 heavy (non-hydrogen) atoms. The number of allylic oxidation sites excluding steroid dienone is 1. The van der Waals surface area contributed by atoms with Crippen LogP contribution in [0.5, 0.6) is 0 Å². The van der Waals surface area contributed by atoms with E-state index in [0.717, 1.165) is 17.2 Å². The van der Waals surface area contributed by atoms with E-state index in [-0.39, 0.29) is 31.5 Å². The second-order valence-electron chi connectivity index (χ2n) is 9.28. The first-order valence-electron chi connectivity index (χ1n) is 10.6. The molecule has 0 bridgehead atoms. The number of rotatable bonds is 5. The molecule has 1 atom stereocenters. The minimum Gasteiger partial charge on any atom is -0.459 e. The Morgan fingerprint density at radius 1 is 1.12 bits per heavy atom. The van der Waals surface area contributed by atoms with E-state index in [4.69, 9.17) is 4.42 Å². The number of furan rings is 1. The molecule has 2 heterocycles. The van der Waals surface area contributed by atoms with Crippen LogP contribution in [0.3, 0.4) is 0 Å². The fourth-order valence-corrected chi connectivity index (χ4v) is 4.59. The van der Waals surface area contributed by atoms with Crippen LogP contribution in [0.25, 0.3) is 0 Å². The zero-order valence-corrected chi connectivity index (χ0v) is 18.5. The summed E-state index contributed by atoms with van der Waals surface area (Å²) in [6.45, 7) is 3.28. The first-order valence-corrected chi connectivity index (χ1v) is 10.6. The van der Waals surface area contributed by atoms with Crippen LogP contribution in [0, 0.1) is 11.2 Å². The Bertz CT molecular complexity index is 1170. The Hall–Kier alpha value is -3.43. The summed E-state index contributed by atoms with van der Waals surface area (Å²) in [7, 11) is 0. The van der Waals surface area contributed by atoms with E-state index in [0.29, 0.717) is 5.56 Å². The molecular formula is C24H22F4N2O4. The number of hydrogen-bond donors (Lipinski definition) is 1.